The molecule has 6 heteroatoms. The van der Waals surface area contributed by atoms with Crippen LogP contribution in [0.2, 0.25) is 0 Å². The first-order chi connectivity index (χ1) is 7.74. The molecule has 0 saturated carbocycles. The van der Waals surface area contributed by atoms with Gasteiger partial charge in [0.25, 0.3) is 0 Å². The molecule has 0 unspecified atom stereocenters. The fourth-order valence-corrected chi connectivity index (χ4v) is 1.11. The highest BCUT2D eigenvalue weighted by molar-refractivity contribution is 5.90. The summed E-state index contributed by atoms with van der Waals surface area (Å²) in [5, 5.41) is 0. The minimum absolute atomic E-state index is 0.307. The van der Waals surface area contributed by atoms with E-state index in [4.69, 9.17) is 4.74 Å². The molecular weight excluding hydrogens is 229 g/mol. The summed E-state index contributed by atoms with van der Waals surface area (Å²) >= 11 is 0. The number of methoxy groups -OCH3 is 1. The van der Waals surface area contributed by atoms with Crippen LogP contribution in [0.4, 0.5) is 9.18 Å². The largest absolute Gasteiger partial charge is 0.465 e. The monoisotopic (exact) mass is 243 g/mol. The van der Waals surface area contributed by atoms with E-state index in [1.54, 1.807) is 20.8 Å². The number of aromatic nitrogens is 1. The summed E-state index contributed by atoms with van der Waals surface area (Å²) in [6, 6.07) is 0. The van der Waals surface area contributed by atoms with Crippen LogP contribution in [0, 0.1) is 5.82 Å². The van der Waals surface area contributed by atoms with Gasteiger partial charge in [-0.1, -0.05) is 0 Å². The Balaban J connectivity index is 2.94. The zero-order valence-corrected chi connectivity index (χ0v) is 10.1. The first-order valence-corrected chi connectivity index (χ1v) is 4.94. The number of esters is 1. The second-order valence-electron chi connectivity index (χ2n) is 4.40. The van der Waals surface area contributed by atoms with E-state index in [9.17, 15) is 14.0 Å². The molecule has 0 fully saturated rings. The van der Waals surface area contributed by atoms with Crippen LogP contribution in [-0.2, 0) is 9.47 Å². The van der Waals surface area contributed by atoms with Crippen LogP contribution in [0.5, 0.6) is 0 Å². The van der Waals surface area contributed by atoms with Gasteiger partial charge in [-0.2, -0.15) is 0 Å². The van der Waals surface area contributed by atoms with E-state index in [2.05, 4.69) is 4.74 Å². The smallest absolute Gasteiger partial charge is 0.418 e. The molecule has 0 spiro atoms. The van der Waals surface area contributed by atoms with Gasteiger partial charge < -0.3 is 9.47 Å². The maximum absolute atomic E-state index is 13.3. The number of hydrogen-bond acceptors (Lipinski definition) is 4. The molecule has 1 aromatic heterocycles. The Labute approximate surface area is 98.1 Å². The summed E-state index contributed by atoms with van der Waals surface area (Å²) in [5.74, 6) is -1.67. The van der Waals surface area contributed by atoms with Crippen molar-refractivity contribution in [1.82, 2.24) is 4.57 Å². The number of hydrogen-bond donors (Lipinski definition) is 0. The summed E-state index contributed by atoms with van der Waals surface area (Å²) in [6.45, 7) is 5.06. The van der Waals surface area contributed by atoms with Gasteiger partial charge in [-0.15, -0.1) is 0 Å². The Bertz CT molecular complexity index is 445. The van der Waals surface area contributed by atoms with E-state index in [-0.39, 0.29) is 5.56 Å². The molecule has 0 aliphatic heterocycles. The average Bonchev–Trinajstić information content (AvgIpc) is 2.57. The van der Waals surface area contributed by atoms with Gasteiger partial charge in [-0.05, 0) is 20.8 Å². The van der Waals surface area contributed by atoms with Crippen LogP contribution < -0.4 is 0 Å². The zero-order chi connectivity index (χ0) is 13.2. The third-order valence-corrected chi connectivity index (χ3v) is 1.79. The summed E-state index contributed by atoms with van der Waals surface area (Å²) in [7, 11) is 1.13. The first-order valence-electron chi connectivity index (χ1n) is 4.94. The minimum Gasteiger partial charge on any atom is -0.465 e. The molecule has 1 heterocycles. The summed E-state index contributed by atoms with van der Waals surface area (Å²) in [6.07, 6.45) is 1.15. The second kappa shape index (κ2) is 4.57. The summed E-state index contributed by atoms with van der Waals surface area (Å²) in [5.41, 5.74) is -0.998. The SMILES string of the molecule is COC(=O)c1cn(C(=O)OC(C)(C)C)cc1F. The van der Waals surface area contributed by atoms with Crippen molar-refractivity contribution >= 4 is 12.1 Å². The summed E-state index contributed by atoms with van der Waals surface area (Å²) in [4.78, 5) is 22.7. The zero-order valence-electron chi connectivity index (χ0n) is 10.1. The lowest BCUT2D eigenvalue weighted by Gasteiger charge is -2.19. The highest BCUT2D eigenvalue weighted by Gasteiger charge is 2.21. The van der Waals surface area contributed by atoms with E-state index in [1.165, 1.54) is 0 Å². The molecule has 1 rings (SSSR count). The molecule has 0 atom stereocenters. The van der Waals surface area contributed by atoms with E-state index >= 15 is 0 Å². The van der Waals surface area contributed by atoms with Crippen molar-refractivity contribution in [3.8, 4) is 0 Å². The Morgan fingerprint density at radius 1 is 1.29 bits per heavy atom. The molecule has 94 valence electrons. The predicted octanol–water partition coefficient (Wildman–Crippen LogP) is 2.20. The number of rotatable bonds is 1. The highest BCUT2D eigenvalue weighted by Crippen LogP contribution is 2.13. The Hall–Kier alpha value is -1.85. The lowest BCUT2D eigenvalue weighted by molar-refractivity contribution is 0.0536. The van der Waals surface area contributed by atoms with Gasteiger partial charge in [0, 0.05) is 6.20 Å². The minimum atomic E-state index is -0.843. The number of carbonyl (C=O) groups is 2. The van der Waals surface area contributed by atoms with Crippen molar-refractivity contribution in [2.75, 3.05) is 7.11 Å². The molecule has 0 amide bonds. The average molecular weight is 243 g/mol. The second-order valence-corrected chi connectivity index (χ2v) is 4.40. The van der Waals surface area contributed by atoms with E-state index in [0.29, 0.717) is 0 Å². The molecule has 0 N–H and O–H groups in total. The molecule has 0 bridgehead atoms. The quantitative estimate of drug-likeness (QED) is 0.709. The van der Waals surface area contributed by atoms with E-state index in [0.717, 1.165) is 24.1 Å². The normalized spacial score (nSPS) is 11.1. The molecule has 1 aromatic rings. The van der Waals surface area contributed by atoms with Gasteiger partial charge in [0.2, 0.25) is 0 Å². The molecule has 0 radical (unpaired) electrons. The van der Waals surface area contributed by atoms with Gasteiger partial charge >= 0.3 is 12.1 Å². The van der Waals surface area contributed by atoms with Crippen LogP contribution in [0.1, 0.15) is 31.1 Å². The van der Waals surface area contributed by atoms with Crippen LogP contribution in [0.3, 0.4) is 0 Å². The predicted molar refractivity (Wildman–Crippen MR) is 57.4 cm³/mol. The van der Waals surface area contributed by atoms with Crippen LogP contribution in [-0.4, -0.2) is 29.3 Å². The van der Waals surface area contributed by atoms with Gasteiger partial charge in [0.05, 0.1) is 13.3 Å². The molecule has 5 nitrogen and oxygen atoms in total. The van der Waals surface area contributed by atoms with Crippen molar-refractivity contribution in [3.63, 3.8) is 0 Å². The highest BCUT2D eigenvalue weighted by atomic mass is 19.1. The van der Waals surface area contributed by atoms with E-state index in [1.807, 2.05) is 0 Å². The van der Waals surface area contributed by atoms with Gasteiger partial charge in [-0.25, -0.2) is 14.0 Å². The lowest BCUT2D eigenvalue weighted by Crippen LogP contribution is -2.26. The Morgan fingerprint density at radius 2 is 1.88 bits per heavy atom. The fraction of sp³-hybridized carbons (Fsp3) is 0.455. The lowest BCUT2D eigenvalue weighted by atomic mass is 10.2. The standard InChI is InChI=1S/C11H14FNO4/c1-11(2,3)17-10(15)13-5-7(8(12)6-13)9(14)16-4/h5-6H,1-4H3. The van der Waals surface area contributed by atoms with E-state index < -0.39 is 23.5 Å². The topological polar surface area (TPSA) is 57.5 Å². The Morgan fingerprint density at radius 3 is 2.35 bits per heavy atom. The molecule has 0 aromatic carbocycles. The first kappa shape index (κ1) is 13.2. The van der Waals surface area contributed by atoms with Crippen molar-refractivity contribution < 1.29 is 23.5 Å². The molecular formula is C11H14FNO4. The molecule has 0 saturated heterocycles. The van der Waals surface area contributed by atoms with Crippen LogP contribution >= 0.6 is 0 Å². The van der Waals surface area contributed by atoms with Crippen molar-refractivity contribution in [2.45, 2.75) is 26.4 Å². The van der Waals surface area contributed by atoms with Gasteiger partial charge in [0.1, 0.15) is 11.2 Å². The molecule has 17 heavy (non-hydrogen) atoms. The van der Waals surface area contributed by atoms with Crippen molar-refractivity contribution in [2.24, 2.45) is 0 Å². The number of halogens is 1. The molecule has 0 aliphatic carbocycles. The van der Waals surface area contributed by atoms with Gasteiger partial charge in [0.15, 0.2) is 5.82 Å². The van der Waals surface area contributed by atoms with Crippen LogP contribution in [0.15, 0.2) is 12.4 Å². The Kier molecular flexibility index (Phi) is 3.55. The van der Waals surface area contributed by atoms with Crippen molar-refractivity contribution in [3.05, 3.63) is 23.8 Å². The van der Waals surface area contributed by atoms with Crippen molar-refractivity contribution in [1.29, 1.82) is 0 Å². The number of ether oxygens (including phenoxy) is 2. The maximum Gasteiger partial charge on any atom is 0.418 e. The third-order valence-electron chi connectivity index (χ3n) is 1.79. The maximum atomic E-state index is 13.3. The third kappa shape index (κ3) is 3.30. The van der Waals surface area contributed by atoms with Gasteiger partial charge in [-0.3, -0.25) is 4.57 Å². The number of carbonyl (C=O) groups excluding carboxylic acids is 2. The number of nitrogens with zero attached hydrogens (tertiary/aromatic N) is 1. The van der Waals surface area contributed by atoms with Crippen LogP contribution in [0.25, 0.3) is 0 Å². The fourth-order valence-electron chi connectivity index (χ4n) is 1.11. The molecule has 0 aliphatic rings. The summed E-state index contributed by atoms with van der Waals surface area (Å²) < 4.78 is 23.6.